The van der Waals surface area contributed by atoms with Crippen LogP contribution >= 0.6 is 0 Å². The molecule has 0 aliphatic carbocycles. The molecule has 0 heterocycles. The summed E-state index contributed by atoms with van der Waals surface area (Å²) >= 11 is 0. The Labute approximate surface area is 132 Å². The summed E-state index contributed by atoms with van der Waals surface area (Å²) in [5, 5.41) is 2.84. The van der Waals surface area contributed by atoms with Crippen molar-refractivity contribution in [3.05, 3.63) is 36.4 Å². The third kappa shape index (κ3) is 6.28. The first-order valence-corrected chi connectivity index (χ1v) is 7.34. The number of ether oxygens (including phenoxy) is 3. The number of carbonyl (C=O) groups excluding carboxylic acids is 1. The van der Waals surface area contributed by atoms with Gasteiger partial charge in [-0.2, -0.15) is 0 Å². The van der Waals surface area contributed by atoms with Crippen molar-refractivity contribution in [2.45, 2.75) is 26.4 Å². The van der Waals surface area contributed by atoms with Crippen LogP contribution in [-0.4, -0.2) is 38.9 Å². The van der Waals surface area contributed by atoms with Crippen molar-refractivity contribution in [2.75, 3.05) is 32.2 Å². The summed E-state index contributed by atoms with van der Waals surface area (Å²) in [6.07, 6.45) is 1.94. The molecule has 1 unspecified atom stereocenters. The van der Waals surface area contributed by atoms with Gasteiger partial charge in [0, 0.05) is 7.11 Å². The Morgan fingerprint density at radius 2 is 2.14 bits per heavy atom. The summed E-state index contributed by atoms with van der Waals surface area (Å²) in [6.45, 7) is 8.70. The van der Waals surface area contributed by atoms with Crippen molar-refractivity contribution in [1.82, 2.24) is 0 Å². The van der Waals surface area contributed by atoms with Crippen LogP contribution in [0.1, 0.15) is 18.9 Å². The first-order valence-electron chi connectivity index (χ1n) is 7.34. The van der Waals surface area contributed by atoms with Gasteiger partial charge in [-0.15, -0.1) is 6.58 Å². The Morgan fingerprint density at radius 3 is 2.82 bits per heavy atom. The molecule has 1 N–H and O–H groups in total. The first-order chi connectivity index (χ1) is 10.6. The number of carbonyl (C=O) groups is 1. The van der Waals surface area contributed by atoms with Crippen LogP contribution in [0.4, 0.5) is 5.69 Å². The summed E-state index contributed by atoms with van der Waals surface area (Å²) in [5.74, 6) is 0.424. The lowest BCUT2D eigenvalue weighted by atomic mass is 10.2. The van der Waals surface area contributed by atoms with Gasteiger partial charge in [-0.25, -0.2) is 0 Å². The molecule has 1 atom stereocenters. The van der Waals surface area contributed by atoms with Crippen molar-refractivity contribution < 1.29 is 19.0 Å². The van der Waals surface area contributed by atoms with E-state index in [2.05, 4.69) is 11.9 Å². The molecule has 22 heavy (non-hydrogen) atoms. The topological polar surface area (TPSA) is 56.8 Å². The normalized spacial score (nSPS) is 11.8. The molecule has 0 radical (unpaired) electrons. The van der Waals surface area contributed by atoms with E-state index in [9.17, 15) is 4.79 Å². The van der Waals surface area contributed by atoms with Gasteiger partial charge in [-0.1, -0.05) is 12.1 Å². The average molecular weight is 307 g/mol. The zero-order valence-corrected chi connectivity index (χ0v) is 13.6. The molecule has 1 aromatic carbocycles. The molecule has 0 aromatic heterocycles. The lowest BCUT2D eigenvalue weighted by molar-refractivity contribution is -0.126. The van der Waals surface area contributed by atoms with Crippen LogP contribution in [0.15, 0.2) is 30.9 Å². The average Bonchev–Trinajstić information content (AvgIpc) is 2.50. The highest BCUT2D eigenvalue weighted by atomic mass is 16.5. The van der Waals surface area contributed by atoms with Gasteiger partial charge in [0.05, 0.1) is 18.9 Å². The number of aryl methyl sites for hydroxylation is 1. The number of anilines is 1. The van der Waals surface area contributed by atoms with Gasteiger partial charge in [0.15, 0.2) is 0 Å². The van der Waals surface area contributed by atoms with Crippen molar-refractivity contribution in [1.29, 1.82) is 0 Å². The van der Waals surface area contributed by atoms with Crippen LogP contribution in [0, 0.1) is 6.92 Å². The molecule has 1 aromatic rings. The number of methoxy groups -OCH3 is 1. The van der Waals surface area contributed by atoms with Gasteiger partial charge in [0.25, 0.3) is 5.91 Å². The highest BCUT2D eigenvalue weighted by Gasteiger charge is 2.15. The third-order valence-corrected chi connectivity index (χ3v) is 3.00. The molecule has 0 aliphatic heterocycles. The summed E-state index contributed by atoms with van der Waals surface area (Å²) in [5.41, 5.74) is 1.69. The Hall–Kier alpha value is -1.85. The van der Waals surface area contributed by atoms with Crippen molar-refractivity contribution in [3.8, 4) is 5.75 Å². The zero-order chi connectivity index (χ0) is 16.4. The summed E-state index contributed by atoms with van der Waals surface area (Å²) < 4.78 is 16.0. The van der Waals surface area contributed by atoms with Crippen molar-refractivity contribution in [2.24, 2.45) is 0 Å². The number of hydrogen-bond acceptors (Lipinski definition) is 4. The van der Waals surface area contributed by atoms with Gasteiger partial charge in [-0.3, -0.25) is 4.79 Å². The van der Waals surface area contributed by atoms with Gasteiger partial charge in [0.2, 0.25) is 0 Å². The van der Waals surface area contributed by atoms with Gasteiger partial charge in [0.1, 0.15) is 18.5 Å². The lowest BCUT2D eigenvalue weighted by Crippen LogP contribution is -2.28. The standard InChI is InChI=1S/C17H25NO4/c1-5-6-9-21-14(3)17(19)18-15-8-7-13(2)12-16(15)22-11-10-20-4/h5,7-8,12,14H,1,6,9-11H2,2-4H3,(H,18,19). The summed E-state index contributed by atoms with van der Waals surface area (Å²) in [7, 11) is 1.62. The van der Waals surface area contributed by atoms with E-state index in [1.54, 1.807) is 20.1 Å². The fraction of sp³-hybridized carbons (Fsp3) is 0.471. The SMILES string of the molecule is C=CCCOC(C)C(=O)Nc1ccc(C)cc1OCCOC. The van der Waals surface area contributed by atoms with Gasteiger partial charge < -0.3 is 19.5 Å². The van der Waals surface area contributed by atoms with Crippen LogP contribution in [0.25, 0.3) is 0 Å². The number of amides is 1. The van der Waals surface area contributed by atoms with E-state index in [0.29, 0.717) is 37.7 Å². The zero-order valence-electron chi connectivity index (χ0n) is 13.6. The largest absolute Gasteiger partial charge is 0.489 e. The van der Waals surface area contributed by atoms with Crippen molar-refractivity contribution >= 4 is 11.6 Å². The van der Waals surface area contributed by atoms with Gasteiger partial charge in [-0.05, 0) is 38.0 Å². The number of rotatable bonds is 10. The highest BCUT2D eigenvalue weighted by molar-refractivity contribution is 5.95. The summed E-state index contributed by atoms with van der Waals surface area (Å²) in [6, 6.07) is 5.63. The van der Waals surface area contributed by atoms with Gasteiger partial charge >= 0.3 is 0 Å². The Bertz CT molecular complexity index is 488. The smallest absolute Gasteiger partial charge is 0.253 e. The quantitative estimate of drug-likeness (QED) is 0.533. The maximum atomic E-state index is 12.1. The van der Waals surface area contributed by atoms with E-state index in [0.717, 1.165) is 5.56 Å². The number of hydrogen-bond donors (Lipinski definition) is 1. The van der Waals surface area contributed by atoms with E-state index in [1.165, 1.54) is 0 Å². The van der Waals surface area contributed by atoms with Crippen LogP contribution in [-0.2, 0) is 14.3 Å². The fourth-order valence-electron chi connectivity index (χ4n) is 1.73. The van der Waals surface area contributed by atoms with Crippen LogP contribution in [0.2, 0.25) is 0 Å². The van der Waals surface area contributed by atoms with E-state index < -0.39 is 6.10 Å². The van der Waals surface area contributed by atoms with Crippen LogP contribution in [0.5, 0.6) is 5.75 Å². The molecule has 0 fully saturated rings. The molecule has 0 saturated carbocycles. The molecule has 122 valence electrons. The molecule has 0 aliphatic rings. The number of nitrogens with one attached hydrogen (secondary N) is 1. The van der Waals surface area contributed by atoms with Crippen LogP contribution < -0.4 is 10.1 Å². The molecule has 0 spiro atoms. The Kier molecular flexibility index (Phi) is 8.25. The Balaban J connectivity index is 2.66. The predicted octanol–water partition coefficient (Wildman–Crippen LogP) is 2.94. The van der Waals surface area contributed by atoms with E-state index in [4.69, 9.17) is 14.2 Å². The molecule has 5 heteroatoms. The molecule has 0 saturated heterocycles. The highest BCUT2D eigenvalue weighted by Crippen LogP contribution is 2.26. The minimum Gasteiger partial charge on any atom is -0.489 e. The second kappa shape index (κ2) is 9.97. The lowest BCUT2D eigenvalue weighted by Gasteiger charge is -2.16. The maximum absolute atomic E-state index is 12.1. The Morgan fingerprint density at radius 1 is 1.36 bits per heavy atom. The monoisotopic (exact) mass is 307 g/mol. The molecule has 1 amide bonds. The first kappa shape index (κ1) is 18.2. The maximum Gasteiger partial charge on any atom is 0.253 e. The third-order valence-electron chi connectivity index (χ3n) is 3.00. The summed E-state index contributed by atoms with van der Waals surface area (Å²) in [4.78, 5) is 12.1. The minimum absolute atomic E-state index is 0.204. The van der Waals surface area contributed by atoms with E-state index in [1.807, 2.05) is 25.1 Å². The second-order valence-corrected chi connectivity index (χ2v) is 4.92. The molecule has 5 nitrogen and oxygen atoms in total. The molecule has 1 rings (SSSR count). The van der Waals surface area contributed by atoms with E-state index >= 15 is 0 Å². The predicted molar refractivity (Wildman–Crippen MR) is 87.4 cm³/mol. The van der Waals surface area contributed by atoms with E-state index in [-0.39, 0.29) is 5.91 Å². The minimum atomic E-state index is -0.534. The molecular weight excluding hydrogens is 282 g/mol. The second-order valence-electron chi connectivity index (χ2n) is 4.92. The fourth-order valence-corrected chi connectivity index (χ4v) is 1.73. The van der Waals surface area contributed by atoms with Crippen molar-refractivity contribution in [3.63, 3.8) is 0 Å². The molecule has 0 bridgehead atoms. The molecular formula is C17H25NO4. The number of benzene rings is 1. The van der Waals surface area contributed by atoms with Crippen LogP contribution in [0.3, 0.4) is 0 Å².